The minimum atomic E-state index is -0.927. The number of halogens is 2. The van der Waals surface area contributed by atoms with Gasteiger partial charge in [-0.3, -0.25) is 0 Å². The molecule has 0 fully saturated rings. The minimum absolute atomic E-state index is 0.129. The smallest absolute Gasteiger partial charge is 0.142 e. The molecule has 0 saturated heterocycles. The van der Waals surface area contributed by atoms with Crippen LogP contribution in [0.1, 0.15) is 11.6 Å². The molecule has 0 unspecified atom stereocenters. The van der Waals surface area contributed by atoms with Crippen molar-refractivity contribution >= 4 is 11.6 Å². The van der Waals surface area contributed by atoms with E-state index in [1.54, 1.807) is 0 Å². The molecule has 0 aromatic heterocycles. The second-order valence-corrected chi connectivity index (χ2v) is 3.18. The molecule has 0 radical (unpaired) electrons. The van der Waals surface area contributed by atoms with Crippen molar-refractivity contribution in [3.8, 4) is 11.5 Å². The van der Waals surface area contributed by atoms with Gasteiger partial charge in [-0.15, -0.1) is 0 Å². The number of benzene rings is 1. The molecule has 0 aliphatic heterocycles. The van der Waals surface area contributed by atoms with Gasteiger partial charge in [-0.2, -0.15) is 0 Å². The second kappa shape index (κ2) is 4.48. The number of phenolic OH excluding ortho intramolecular Hbond substituents is 1. The van der Waals surface area contributed by atoms with Gasteiger partial charge in [-0.25, -0.2) is 4.39 Å². The number of ether oxygens (including phenoxy) is 1. The first-order chi connectivity index (χ1) is 6.61. The molecular weight excluding hydrogens is 209 g/mol. The van der Waals surface area contributed by atoms with E-state index in [1.807, 2.05) is 0 Å². The van der Waals surface area contributed by atoms with Crippen LogP contribution in [0.3, 0.4) is 0 Å². The van der Waals surface area contributed by atoms with E-state index in [1.165, 1.54) is 19.2 Å². The van der Waals surface area contributed by atoms with E-state index in [9.17, 15) is 9.50 Å². The third-order valence-corrected chi connectivity index (χ3v) is 2.19. The topological polar surface area (TPSA) is 55.5 Å². The third-order valence-electron chi connectivity index (χ3n) is 1.88. The molecule has 78 valence electrons. The Morgan fingerprint density at radius 2 is 2.29 bits per heavy atom. The predicted molar refractivity (Wildman–Crippen MR) is 52.6 cm³/mol. The van der Waals surface area contributed by atoms with Crippen molar-refractivity contribution < 1.29 is 14.2 Å². The van der Waals surface area contributed by atoms with Crippen molar-refractivity contribution in [3.63, 3.8) is 0 Å². The largest absolute Gasteiger partial charge is 0.506 e. The van der Waals surface area contributed by atoms with Gasteiger partial charge in [-0.05, 0) is 12.1 Å². The Morgan fingerprint density at radius 3 is 2.79 bits per heavy atom. The lowest BCUT2D eigenvalue weighted by Crippen LogP contribution is -2.13. The third kappa shape index (κ3) is 1.91. The fraction of sp³-hybridized carbons (Fsp3) is 0.333. The molecule has 1 aromatic carbocycles. The van der Waals surface area contributed by atoms with Crippen LogP contribution in [-0.4, -0.2) is 18.9 Å². The maximum atomic E-state index is 12.4. The van der Waals surface area contributed by atoms with Crippen molar-refractivity contribution in [3.05, 3.63) is 22.7 Å². The Bertz CT molecular complexity index is 333. The quantitative estimate of drug-likeness (QED) is 0.818. The molecule has 0 spiro atoms. The van der Waals surface area contributed by atoms with Gasteiger partial charge in [-0.1, -0.05) is 11.6 Å². The standard InChI is InChI=1S/C9H11ClFNO2/c1-14-7-3-2-5(10)9(13)8(7)6(12)4-11/h2-3,6,13H,4,12H2,1H3/t6-/m1/s1. The number of nitrogens with two attached hydrogens (primary N) is 1. The molecule has 0 amide bonds. The predicted octanol–water partition coefficient (Wildman–Crippen LogP) is 2.02. The summed E-state index contributed by atoms with van der Waals surface area (Å²) >= 11 is 5.66. The van der Waals surface area contributed by atoms with E-state index in [0.717, 1.165) is 0 Å². The number of phenols is 1. The zero-order valence-corrected chi connectivity index (χ0v) is 8.38. The Kier molecular flexibility index (Phi) is 3.55. The summed E-state index contributed by atoms with van der Waals surface area (Å²) in [6.45, 7) is -0.787. The van der Waals surface area contributed by atoms with Crippen LogP contribution in [0.15, 0.2) is 12.1 Å². The minimum Gasteiger partial charge on any atom is -0.506 e. The molecule has 0 saturated carbocycles. The Morgan fingerprint density at radius 1 is 1.64 bits per heavy atom. The first-order valence-electron chi connectivity index (χ1n) is 3.98. The van der Waals surface area contributed by atoms with Gasteiger partial charge in [0.25, 0.3) is 0 Å². The molecular formula is C9H11ClFNO2. The maximum Gasteiger partial charge on any atom is 0.142 e. The van der Waals surface area contributed by atoms with Crippen molar-refractivity contribution in [1.82, 2.24) is 0 Å². The highest BCUT2D eigenvalue weighted by atomic mass is 35.5. The monoisotopic (exact) mass is 219 g/mol. The van der Waals surface area contributed by atoms with Gasteiger partial charge < -0.3 is 15.6 Å². The molecule has 0 bridgehead atoms. The summed E-state index contributed by atoms with van der Waals surface area (Å²) in [5.74, 6) is 0.105. The van der Waals surface area contributed by atoms with Crippen molar-refractivity contribution in [2.45, 2.75) is 6.04 Å². The van der Waals surface area contributed by atoms with E-state index in [2.05, 4.69) is 0 Å². The fourth-order valence-corrected chi connectivity index (χ4v) is 1.34. The van der Waals surface area contributed by atoms with Crippen LogP contribution in [0.2, 0.25) is 5.02 Å². The van der Waals surface area contributed by atoms with Gasteiger partial charge in [0.2, 0.25) is 0 Å². The van der Waals surface area contributed by atoms with Crippen molar-refractivity contribution in [2.24, 2.45) is 5.73 Å². The summed E-state index contributed by atoms with van der Waals surface area (Å²) in [5.41, 5.74) is 5.66. The summed E-state index contributed by atoms with van der Waals surface area (Å²) in [5, 5.41) is 9.68. The van der Waals surface area contributed by atoms with E-state index in [4.69, 9.17) is 22.1 Å². The SMILES string of the molecule is COc1ccc(Cl)c(O)c1[C@H](N)CF. The Hall–Kier alpha value is -1.00. The number of alkyl halides is 1. The summed E-state index contributed by atoms with van der Waals surface area (Å²) in [6.07, 6.45) is 0. The van der Waals surface area contributed by atoms with Gasteiger partial charge in [0.05, 0.1) is 23.7 Å². The lowest BCUT2D eigenvalue weighted by atomic mass is 10.1. The second-order valence-electron chi connectivity index (χ2n) is 2.77. The molecule has 0 heterocycles. The van der Waals surface area contributed by atoms with E-state index < -0.39 is 12.7 Å². The Balaban J connectivity index is 3.27. The zero-order chi connectivity index (χ0) is 10.7. The summed E-state index contributed by atoms with van der Waals surface area (Å²) < 4.78 is 17.3. The molecule has 1 rings (SSSR count). The van der Waals surface area contributed by atoms with E-state index >= 15 is 0 Å². The normalized spacial score (nSPS) is 12.6. The highest BCUT2D eigenvalue weighted by molar-refractivity contribution is 6.32. The average molecular weight is 220 g/mol. The highest BCUT2D eigenvalue weighted by Gasteiger charge is 2.18. The lowest BCUT2D eigenvalue weighted by Gasteiger charge is -2.15. The van der Waals surface area contributed by atoms with Gasteiger partial charge in [0, 0.05) is 0 Å². The number of hydrogen-bond acceptors (Lipinski definition) is 3. The van der Waals surface area contributed by atoms with Crippen LogP contribution in [0.25, 0.3) is 0 Å². The number of hydrogen-bond donors (Lipinski definition) is 2. The number of aromatic hydroxyl groups is 1. The van der Waals surface area contributed by atoms with Crippen LogP contribution in [-0.2, 0) is 0 Å². The van der Waals surface area contributed by atoms with Crippen LogP contribution < -0.4 is 10.5 Å². The van der Waals surface area contributed by atoms with Crippen LogP contribution >= 0.6 is 11.6 Å². The van der Waals surface area contributed by atoms with Crippen molar-refractivity contribution in [1.29, 1.82) is 0 Å². The lowest BCUT2D eigenvalue weighted by molar-refractivity contribution is 0.374. The molecule has 0 aliphatic carbocycles. The summed E-state index contributed by atoms with van der Waals surface area (Å²) in [4.78, 5) is 0. The van der Waals surface area contributed by atoms with Crippen LogP contribution in [0.4, 0.5) is 4.39 Å². The number of rotatable bonds is 3. The first kappa shape index (κ1) is 11.1. The van der Waals surface area contributed by atoms with Crippen molar-refractivity contribution in [2.75, 3.05) is 13.8 Å². The van der Waals surface area contributed by atoms with Crippen LogP contribution in [0, 0.1) is 0 Å². The van der Waals surface area contributed by atoms with E-state index in [-0.39, 0.29) is 16.3 Å². The fourth-order valence-electron chi connectivity index (χ4n) is 1.18. The maximum absolute atomic E-state index is 12.4. The zero-order valence-electron chi connectivity index (χ0n) is 7.63. The van der Waals surface area contributed by atoms with Gasteiger partial charge in [0.15, 0.2) is 0 Å². The summed E-state index contributed by atoms with van der Waals surface area (Å²) in [6, 6.07) is 2.07. The molecule has 14 heavy (non-hydrogen) atoms. The summed E-state index contributed by atoms with van der Waals surface area (Å²) in [7, 11) is 1.41. The molecule has 5 heteroatoms. The van der Waals surface area contributed by atoms with Gasteiger partial charge in [0.1, 0.15) is 18.2 Å². The molecule has 3 N–H and O–H groups in total. The molecule has 1 atom stereocenters. The van der Waals surface area contributed by atoms with E-state index in [0.29, 0.717) is 5.75 Å². The number of methoxy groups -OCH3 is 1. The Labute approximate surface area is 86.2 Å². The van der Waals surface area contributed by atoms with Crippen LogP contribution in [0.5, 0.6) is 11.5 Å². The average Bonchev–Trinajstić information content (AvgIpc) is 2.20. The van der Waals surface area contributed by atoms with Gasteiger partial charge >= 0.3 is 0 Å². The molecule has 3 nitrogen and oxygen atoms in total. The molecule has 1 aromatic rings. The molecule has 0 aliphatic rings. The first-order valence-corrected chi connectivity index (χ1v) is 4.36. The highest BCUT2D eigenvalue weighted by Crippen LogP contribution is 2.37.